The van der Waals surface area contributed by atoms with E-state index in [2.05, 4.69) is 0 Å². The summed E-state index contributed by atoms with van der Waals surface area (Å²) >= 11 is 0. The maximum Gasteiger partial charge on any atom is 0.0597 e. The van der Waals surface area contributed by atoms with Gasteiger partial charge in [0.2, 0.25) is 0 Å². The number of hydrogen-bond acceptors (Lipinski definition) is 2. The predicted octanol–water partition coefficient (Wildman–Crippen LogP) is 0.495. The number of aliphatic hydroxyl groups is 1. The maximum absolute atomic E-state index is 9.57. The molecule has 3 N–H and O–H groups in total. The number of rotatable bonds is 0. The molecule has 2 unspecified atom stereocenters. The zero-order valence-corrected chi connectivity index (χ0v) is 6.16. The zero-order chi connectivity index (χ0) is 7.14. The molecule has 0 spiro atoms. The first-order valence-corrected chi connectivity index (χ1v) is 4.21. The van der Waals surface area contributed by atoms with Crippen molar-refractivity contribution < 1.29 is 5.11 Å². The fourth-order valence-electron chi connectivity index (χ4n) is 2.54. The summed E-state index contributed by atoms with van der Waals surface area (Å²) in [6.07, 6.45) is 4.51. The van der Waals surface area contributed by atoms with E-state index in [1.165, 1.54) is 12.8 Å². The number of hydrogen-bond donors (Lipinski definition) is 2. The molecule has 2 rings (SSSR count). The van der Waals surface area contributed by atoms with Gasteiger partial charge in [-0.15, -0.1) is 0 Å². The lowest BCUT2D eigenvalue weighted by molar-refractivity contribution is 0.0532. The van der Waals surface area contributed by atoms with Gasteiger partial charge >= 0.3 is 0 Å². The van der Waals surface area contributed by atoms with E-state index in [-0.39, 0.29) is 6.10 Å². The molecule has 0 amide bonds. The van der Waals surface area contributed by atoms with Gasteiger partial charge in [-0.1, -0.05) is 0 Å². The lowest BCUT2D eigenvalue weighted by atomic mass is 9.83. The summed E-state index contributed by atoms with van der Waals surface area (Å²) in [5.41, 5.74) is 5.81. The van der Waals surface area contributed by atoms with Crippen LogP contribution in [-0.4, -0.2) is 17.3 Å². The Kier molecular flexibility index (Phi) is 1.46. The standard InChI is InChI=1S/C8H15NO/c9-7-3-5-1-2-6(4-7)8(5)10/h5-8,10H,1-4,9H2/t5-,6+,7?,8?. The zero-order valence-electron chi connectivity index (χ0n) is 6.16. The molecule has 4 atom stereocenters. The Morgan fingerprint density at radius 3 is 2.10 bits per heavy atom. The van der Waals surface area contributed by atoms with Crippen LogP contribution in [0.5, 0.6) is 0 Å². The molecule has 2 bridgehead atoms. The summed E-state index contributed by atoms with van der Waals surface area (Å²) in [5.74, 6) is 1.07. The molecule has 10 heavy (non-hydrogen) atoms. The molecule has 0 aromatic heterocycles. The summed E-state index contributed by atoms with van der Waals surface area (Å²) in [5, 5.41) is 9.57. The monoisotopic (exact) mass is 141 g/mol. The van der Waals surface area contributed by atoms with Crippen molar-refractivity contribution in [3.8, 4) is 0 Å². The van der Waals surface area contributed by atoms with E-state index < -0.39 is 0 Å². The van der Waals surface area contributed by atoms with E-state index in [9.17, 15) is 5.11 Å². The van der Waals surface area contributed by atoms with Gasteiger partial charge in [-0.2, -0.15) is 0 Å². The largest absolute Gasteiger partial charge is 0.393 e. The number of fused-ring (bicyclic) bond motifs is 2. The highest BCUT2D eigenvalue weighted by Gasteiger charge is 2.40. The van der Waals surface area contributed by atoms with Crippen LogP contribution in [0, 0.1) is 11.8 Å². The lowest BCUT2D eigenvalue weighted by Gasteiger charge is -2.29. The summed E-state index contributed by atoms with van der Waals surface area (Å²) in [4.78, 5) is 0. The summed E-state index contributed by atoms with van der Waals surface area (Å²) in [6, 6.07) is 0.376. The van der Waals surface area contributed by atoms with Crippen LogP contribution < -0.4 is 5.73 Å². The molecule has 2 fully saturated rings. The van der Waals surface area contributed by atoms with Crippen molar-refractivity contribution in [2.45, 2.75) is 37.8 Å². The summed E-state index contributed by atoms with van der Waals surface area (Å²) in [7, 11) is 0. The van der Waals surface area contributed by atoms with Crippen LogP contribution in [0.15, 0.2) is 0 Å². The van der Waals surface area contributed by atoms with Crippen LogP contribution in [0.25, 0.3) is 0 Å². The molecular formula is C8H15NO. The quantitative estimate of drug-likeness (QED) is 0.516. The van der Waals surface area contributed by atoms with Gasteiger partial charge in [-0.3, -0.25) is 0 Å². The molecule has 2 aliphatic rings. The topological polar surface area (TPSA) is 46.2 Å². The van der Waals surface area contributed by atoms with Crippen LogP contribution in [0.4, 0.5) is 0 Å². The highest BCUT2D eigenvalue weighted by molar-refractivity contribution is 4.93. The van der Waals surface area contributed by atoms with Crippen molar-refractivity contribution in [3.05, 3.63) is 0 Å². The molecule has 2 nitrogen and oxygen atoms in total. The fraction of sp³-hybridized carbons (Fsp3) is 1.00. The molecule has 2 heteroatoms. The smallest absolute Gasteiger partial charge is 0.0597 e. The van der Waals surface area contributed by atoms with Crippen molar-refractivity contribution in [2.75, 3.05) is 0 Å². The average Bonchev–Trinajstić information content (AvgIpc) is 2.20. The number of nitrogens with two attached hydrogens (primary N) is 1. The van der Waals surface area contributed by atoms with E-state index >= 15 is 0 Å². The van der Waals surface area contributed by atoms with Gasteiger partial charge in [0.05, 0.1) is 6.10 Å². The molecule has 0 heterocycles. The first-order valence-electron chi connectivity index (χ1n) is 4.21. The second-order valence-corrected chi connectivity index (χ2v) is 3.82. The third-order valence-electron chi connectivity index (χ3n) is 3.09. The molecule has 0 saturated heterocycles. The molecule has 0 radical (unpaired) electrons. The average molecular weight is 141 g/mol. The predicted molar refractivity (Wildman–Crippen MR) is 39.4 cm³/mol. The Morgan fingerprint density at radius 2 is 1.60 bits per heavy atom. The van der Waals surface area contributed by atoms with Gasteiger partial charge in [0.25, 0.3) is 0 Å². The van der Waals surface area contributed by atoms with Crippen molar-refractivity contribution in [1.29, 1.82) is 0 Å². The Balaban J connectivity index is 2.09. The Bertz CT molecular complexity index is 123. The molecule has 2 aliphatic carbocycles. The van der Waals surface area contributed by atoms with Crippen molar-refractivity contribution >= 4 is 0 Å². The number of aliphatic hydroxyl groups excluding tert-OH is 1. The van der Waals surface area contributed by atoms with Gasteiger partial charge in [0, 0.05) is 6.04 Å². The third kappa shape index (κ3) is 0.867. The minimum atomic E-state index is -0.0141. The summed E-state index contributed by atoms with van der Waals surface area (Å²) < 4.78 is 0. The lowest BCUT2D eigenvalue weighted by Crippen LogP contribution is -2.37. The maximum atomic E-state index is 9.57. The summed E-state index contributed by atoms with van der Waals surface area (Å²) in [6.45, 7) is 0. The van der Waals surface area contributed by atoms with Gasteiger partial charge in [-0.05, 0) is 37.5 Å². The van der Waals surface area contributed by atoms with Gasteiger partial charge in [-0.25, -0.2) is 0 Å². The first-order chi connectivity index (χ1) is 4.77. The minimum Gasteiger partial charge on any atom is -0.393 e. The molecule has 0 aliphatic heterocycles. The van der Waals surface area contributed by atoms with Crippen molar-refractivity contribution in [1.82, 2.24) is 0 Å². The highest BCUT2D eigenvalue weighted by atomic mass is 16.3. The molecule has 0 aromatic rings. The normalized spacial score (nSPS) is 53.4. The highest BCUT2D eigenvalue weighted by Crippen LogP contribution is 2.41. The van der Waals surface area contributed by atoms with E-state index in [0.29, 0.717) is 17.9 Å². The van der Waals surface area contributed by atoms with E-state index in [0.717, 1.165) is 12.8 Å². The van der Waals surface area contributed by atoms with Crippen molar-refractivity contribution in [3.63, 3.8) is 0 Å². The molecule has 2 saturated carbocycles. The van der Waals surface area contributed by atoms with Crippen LogP contribution in [0.2, 0.25) is 0 Å². The Hall–Kier alpha value is -0.0800. The van der Waals surface area contributed by atoms with Gasteiger partial charge < -0.3 is 10.8 Å². The SMILES string of the molecule is NC1C[C@H]2CC[C@@H](C1)C2O. The van der Waals surface area contributed by atoms with Crippen molar-refractivity contribution in [2.24, 2.45) is 17.6 Å². The van der Waals surface area contributed by atoms with Crippen LogP contribution in [0.1, 0.15) is 25.7 Å². The van der Waals surface area contributed by atoms with Crippen LogP contribution in [0.3, 0.4) is 0 Å². The van der Waals surface area contributed by atoms with Crippen LogP contribution in [-0.2, 0) is 0 Å². The van der Waals surface area contributed by atoms with Gasteiger partial charge in [0.15, 0.2) is 0 Å². The Labute approximate surface area is 61.4 Å². The fourth-order valence-corrected chi connectivity index (χ4v) is 2.54. The van der Waals surface area contributed by atoms with Crippen LogP contribution >= 0.6 is 0 Å². The van der Waals surface area contributed by atoms with Gasteiger partial charge in [0.1, 0.15) is 0 Å². The second-order valence-electron chi connectivity index (χ2n) is 3.82. The molecule has 0 aromatic carbocycles. The van der Waals surface area contributed by atoms with E-state index in [1.807, 2.05) is 0 Å². The van der Waals surface area contributed by atoms with E-state index in [4.69, 9.17) is 5.73 Å². The first kappa shape index (κ1) is 6.62. The second kappa shape index (κ2) is 2.21. The minimum absolute atomic E-state index is 0.0141. The molecular weight excluding hydrogens is 126 g/mol. The third-order valence-corrected chi connectivity index (χ3v) is 3.09. The Morgan fingerprint density at radius 1 is 1.10 bits per heavy atom. The van der Waals surface area contributed by atoms with E-state index in [1.54, 1.807) is 0 Å². The molecule has 58 valence electrons.